The summed E-state index contributed by atoms with van der Waals surface area (Å²) in [7, 11) is 3.99. The first kappa shape index (κ1) is 15.8. The summed E-state index contributed by atoms with van der Waals surface area (Å²) < 4.78 is 0. The lowest BCUT2D eigenvalue weighted by Crippen LogP contribution is -2.20. The van der Waals surface area contributed by atoms with Gasteiger partial charge in [0.2, 0.25) is 0 Å². The van der Waals surface area contributed by atoms with E-state index in [2.05, 4.69) is 5.10 Å². The molecule has 5 heteroatoms. The van der Waals surface area contributed by atoms with Gasteiger partial charge in [-0.15, -0.1) is 0 Å². The monoisotopic (exact) mass is 320 g/mol. The third kappa shape index (κ3) is 3.15. The second-order valence-electron chi connectivity index (χ2n) is 5.82. The van der Waals surface area contributed by atoms with Crippen molar-refractivity contribution in [2.45, 2.75) is 0 Å². The van der Waals surface area contributed by atoms with Crippen LogP contribution in [0, 0.1) is 5.41 Å². The molecule has 0 fully saturated rings. The zero-order valence-electron chi connectivity index (χ0n) is 13.8. The highest BCUT2D eigenvalue weighted by atomic mass is 16.3. The third-order valence-corrected chi connectivity index (χ3v) is 3.90. The van der Waals surface area contributed by atoms with E-state index in [4.69, 9.17) is 5.41 Å². The van der Waals surface area contributed by atoms with E-state index in [1.807, 2.05) is 73.6 Å². The Morgan fingerprint density at radius 2 is 1.75 bits per heavy atom. The number of benzene rings is 2. The molecule has 0 atom stereocenters. The molecule has 2 aromatic carbocycles. The first-order chi connectivity index (χ1) is 11.6. The number of nitrogens with zero attached hydrogens (tertiary/aromatic N) is 3. The highest BCUT2D eigenvalue weighted by Crippen LogP contribution is 2.27. The molecule has 3 rings (SSSR count). The third-order valence-electron chi connectivity index (χ3n) is 3.90. The van der Waals surface area contributed by atoms with Crippen molar-refractivity contribution in [2.24, 2.45) is 5.10 Å². The molecule has 0 aromatic heterocycles. The zero-order chi connectivity index (χ0) is 17.1. The molecular formula is C19H20N4O. The van der Waals surface area contributed by atoms with E-state index in [1.54, 1.807) is 6.21 Å². The molecule has 0 radical (unpaired) electrons. The fraction of sp³-hybridized carbons (Fsp3) is 0.158. The Hall–Kier alpha value is -3.08. The van der Waals surface area contributed by atoms with Gasteiger partial charge in [-0.3, -0.25) is 5.41 Å². The van der Waals surface area contributed by atoms with Crippen LogP contribution in [0.1, 0.15) is 11.1 Å². The molecule has 122 valence electrons. The van der Waals surface area contributed by atoms with Gasteiger partial charge in [-0.2, -0.15) is 5.10 Å². The van der Waals surface area contributed by atoms with Gasteiger partial charge in [-0.25, -0.2) is 5.01 Å². The van der Waals surface area contributed by atoms with Gasteiger partial charge in [0, 0.05) is 19.8 Å². The first-order valence-electron chi connectivity index (χ1n) is 7.71. The van der Waals surface area contributed by atoms with Crippen molar-refractivity contribution in [1.82, 2.24) is 5.01 Å². The van der Waals surface area contributed by atoms with E-state index in [1.165, 1.54) is 5.01 Å². The molecule has 5 nitrogen and oxygen atoms in total. The van der Waals surface area contributed by atoms with Crippen LogP contribution in [0.15, 0.2) is 65.5 Å². The quantitative estimate of drug-likeness (QED) is 0.849. The van der Waals surface area contributed by atoms with Crippen molar-refractivity contribution in [2.75, 3.05) is 25.5 Å². The average Bonchev–Trinajstić information content (AvgIpc) is 2.88. The van der Waals surface area contributed by atoms with Crippen LogP contribution in [-0.2, 0) is 0 Å². The Labute approximate surface area is 141 Å². The highest BCUT2D eigenvalue weighted by molar-refractivity contribution is 6.23. The van der Waals surface area contributed by atoms with Crippen LogP contribution < -0.4 is 4.90 Å². The number of nitrogens with one attached hydrogen (secondary N) is 1. The summed E-state index contributed by atoms with van der Waals surface area (Å²) in [5.74, 6) is 0.381. The van der Waals surface area contributed by atoms with E-state index >= 15 is 0 Å². The summed E-state index contributed by atoms with van der Waals surface area (Å²) in [6, 6.07) is 17.4. The van der Waals surface area contributed by atoms with Gasteiger partial charge in [0.05, 0.1) is 11.8 Å². The van der Waals surface area contributed by atoms with Crippen LogP contribution >= 0.6 is 0 Å². The lowest BCUT2D eigenvalue weighted by atomic mass is 10.1. The van der Waals surface area contributed by atoms with Crippen molar-refractivity contribution in [3.05, 3.63) is 71.5 Å². The maximum atomic E-state index is 10.2. The highest BCUT2D eigenvalue weighted by Gasteiger charge is 2.27. The van der Waals surface area contributed by atoms with Crippen molar-refractivity contribution in [3.63, 3.8) is 0 Å². The number of aliphatic hydroxyl groups excluding tert-OH is 1. The minimum absolute atomic E-state index is 0.173. The molecule has 0 saturated heterocycles. The average molecular weight is 320 g/mol. The van der Waals surface area contributed by atoms with Crippen LogP contribution in [-0.4, -0.2) is 42.8 Å². The topological polar surface area (TPSA) is 62.9 Å². The van der Waals surface area contributed by atoms with E-state index in [-0.39, 0.29) is 18.1 Å². The fourth-order valence-electron chi connectivity index (χ4n) is 2.57. The van der Waals surface area contributed by atoms with Gasteiger partial charge >= 0.3 is 0 Å². The molecule has 2 aromatic rings. The summed E-state index contributed by atoms with van der Waals surface area (Å²) in [4.78, 5) is 2.03. The van der Waals surface area contributed by atoms with E-state index in [9.17, 15) is 5.11 Å². The number of aliphatic hydroxyl groups is 1. The number of amidine groups is 1. The molecule has 1 heterocycles. The van der Waals surface area contributed by atoms with Crippen molar-refractivity contribution in [1.29, 1.82) is 5.41 Å². The second kappa shape index (κ2) is 6.58. The number of hydrogen-bond donors (Lipinski definition) is 2. The number of anilines is 1. The van der Waals surface area contributed by atoms with E-state index in [0.29, 0.717) is 5.57 Å². The summed E-state index contributed by atoms with van der Waals surface area (Å²) in [6.07, 6.45) is 1.70. The molecule has 0 amide bonds. The van der Waals surface area contributed by atoms with E-state index in [0.717, 1.165) is 16.8 Å². The second-order valence-corrected chi connectivity index (χ2v) is 5.82. The standard InChI is InChI=1S/C19H20N4O/c1-22(2)16-10-8-14(9-11-16)12-21-23-13-17(24)18(19(23)20)15-6-4-3-5-7-15/h3-12,20,24H,13H2,1-2H3/b20-19?,21-12+. The van der Waals surface area contributed by atoms with Gasteiger partial charge in [0.1, 0.15) is 12.3 Å². The summed E-state index contributed by atoms with van der Waals surface area (Å²) in [5.41, 5.74) is 3.43. The molecule has 0 aliphatic carbocycles. The van der Waals surface area contributed by atoms with Crippen molar-refractivity contribution < 1.29 is 5.11 Å². The van der Waals surface area contributed by atoms with Gasteiger partial charge < -0.3 is 10.0 Å². The SMILES string of the molecule is CN(C)c1ccc(/C=N/N2CC(O)=C(c3ccccc3)C2=N)cc1. The van der Waals surface area contributed by atoms with Gasteiger partial charge in [-0.1, -0.05) is 42.5 Å². The normalized spacial score (nSPS) is 14.8. The van der Waals surface area contributed by atoms with Crippen LogP contribution in [0.25, 0.3) is 5.57 Å². The number of hydrogen-bond acceptors (Lipinski definition) is 4. The maximum absolute atomic E-state index is 10.2. The largest absolute Gasteiger partial charge is 0.510 e. The van der Waals surface area contributed by atoms with Gasteiger partial charge in [-0.05, 0) is 23.3 Å². The Bertz CT molecular complexity index is 792. The van der Waals surface area contributed by atoms with Crippen molar-refractivity contribution in [3.8, 4) is 0 Å². The molecule has 24 heavy (non-hydrogen) atoms. The summed E-state index contributed by atoms with van der Waals surface area (Å²) >= 11 is 0. The molecular weight excluding hydrogens is 300 g/mol. The molecule has 1 aliphatic rings. The minimum Gasteiger partial charge on any atom is -0.510 e. The number of hydrazone groups is 1. The molecule has 1 aliphatic heterocycles. The van der Waals surface area contributed by atoms with E-state index < -0.39 is 0 Å². The fourth-order valence-corrected chi connectivity index (χ4v) is 2.57. The Morgan fingerprint density at radius 3 is 2.38 bits per heavy atom. The van der Waals surface area contributed by atoms with Crippen molar-refractivity contribution >= 4 is 23.3 Å². The molecule has 0 unspecified atom stereocenters. The van der Waals surface area contributed by atoms with Gasteiger partial charge in [0.15, 0.2) is 5.84 Å². The van der Waals surface area contributed by atoms with Crippen LogP contribution in [0.4, 0.5) is 5.69 Å². The molecule has 0 bridgehead atoms. The lowest BCUT2D eigenvalue weighted by Gasteiger charge is -2.13. The first-order valence-corrected chi connectivity index (χ1v) is 7.71. The Morgan fingerprint density at radius 1 is 1.08 bits per heavy atom. The molecule has 0 saturated carbocycles. The Balaban J connectivity index is 1.75. The summed E-state index contributed by atoms with van der Waals surface area (Å²) in [6.45, 7) is 0.218. The van der Waals surface area contributed by atoms with Crippen LogP contribution in [0.2, 0.25) is 0 Å². The molecule has 0 spiro atoms. The van der Waals surface area contributed by atoms with Crippen LogP contribution in [0.3, 0.4) is 0 Å². The van der Waals surface area contributed by atoms with Crippen LogP contribution in [0.5, 0.6) is 0 Å². The maximum Gasteiger partial charge on any atom is 0.153 e. The zero-order valence-corrected chi connectivity index (χ0v) is 13.8. The minimum atomic E-state index is 0.173. The smallest absolute Gasteiger partial charge is 0.153 e. The molecule has 2 N–H and O–H groups in total. The predicted octanol–water partition coefficient (Wildman–Crippen LogP) is 3.35. The van der Waals surface area contributed by atoms with Gasteiger partial charge in [0.25, 0.3) is 0 Å². The lowest BCUT2D eigenvalue weighted by molar-refractivity contribution is 0.358. The summed E-state index contributed by atoms with van der Waals surface area (Å²) in [5, 5.41) is 24.3. The predicted molar refractivity (Wildman–Crippen MR) is 98.8 cm³/mol. The number of rotatable bonds is 4. The Kier molecular flexibility index (Phi) is 4.33.